The second kappa shape index (κ2) is 22.2. The molecule has 1 N–H and O–H groups in total. The Morgan fingerprint density at radius 1 is 0.700 bits per heavy atom. The van der Waals surface area contributed by atoms with Gasteiger partial charge in [-0.3, -0.25) is 9.05 Å². The van der Waals surface area contributed by atoms with Gasteiger partial charge >= 0.3 is 7.82 Å². The van der Waals surface area contributed by atoms with Crippen LogP contribution in [0.3, 0.4) is 0 Å². The van der Waals surface area contributed by atoms with Crippen LogP contribution in [0, 0.1) is 5.92 Å². The molecule has 0 aromatic rings. The summed E-state index contributed by atoms with van der Waals surface area (Å²) in [5, 5.41) is 0. The van der Waals surface area contributed by atoms with E-state index in [-0.39, 0.29) is 19.1 Å². The van der Waals surface area contributed by atoms with Gasteiger partial charge in [0.05, 0.1) is 26.4 Å². The molecule has 30 heavy (non-hydrogen) atoms. The lowest BCUT2D eigenvalue weighted by Gasteiger charge is -2.18. The first-order valence-corrected chi connectivity index (χ1v) is 13.7. The third-order valence-corrected chi connectivity index (χ3v) is 6.22. The standard InChI is InChI=1S/C23H49O6P/c1-4-6-7-8-9-10-11-12-13-14-15-16-17-18-19-27-21-23(20-26-3)22-29-30(24,25)28-5-2/h23H,4-22H2,1-3H3,(H,24,25). The highest BCUT2D eigenvalue weighted by Gasteiger charge is 2.22. The zero-order valence-corrected chi connectivity index (χ0v) is 20.8. The molecule has 0 heterocycles. The molecular weight excluding hydrogens is 403 g/mol. The van der Waals surface area contributed by atoms with E-state index in [4.69, 9.17) is 18.5 Å². The molecule has 0 spiro atoms. The summed E-state index contributed by atoms with van der Waals surface area (Å²) in [4.78, 5) is 9.47. The minimum Gasteiger partial charge on any atom is -0.384 e. The van der Waals surface area contributed by atoms with Crippen molar-refractivity contribution in [1.29, 1.82) is 0 Å². The lowest BCUT2D eigenvalue weighted by Crippen LogP contribution is -2.21. The number of phosphoric acid groups is 1. The van der Waals surface area contributed by atoms with Crippen LogP contribution >= 0.6 is 7.82 Å². The second-order valence-corrected chi connectivity index (χ2v) is 9.63. The Morgan fingerprint density at radius 3 is 1.67 bits per heavy atom. The molecule has 0 bridgehead atoms. The number of phosphoric ester groups is 1. The van der Waals surface area contributed by atoms with Crippen molar-refractivity contribution in [3.8, 4) is 0 Å². The fourth-order valence-corrected chi connectivity index (χ4v) is 4.23. The summed E-state index contributed by atoms with van der Waals surface area (Å²) >= 11 is 0. The van der Waals surface area contributed by atoms with Crippen LogP contribution < -0.4 is 0 Å². The van der Waals surface area contributed by atoms with E-state index in [1.165, 1.54) is 83.5 Å². The van der Waals surface area contributed by atoms with Gasteiger partial charge in [0.25, 0.3) is 0 Å². The lowest BCUT2D eigenvalue weighted by molar-refractivity contribution is 0.0263. The average molecular weight is 453 g/mol. The van der Waals surface area contributed by atoms with Crippen molar-refractivity contribution in [3.05, 3.63) is 0 Å². The quantitative estimate of drug-likeness (QED) is 0.127. The topological polar surface area (TPSA) is 74.2 Å². The van der Waals surface area contributed by atoms with Crippen LogP contribution in [0.1, 0.15) is 104 Å². The maximum absolute atomic E-state index is 11.6. The van der Waals surface area contributed by atoms with Crippen molar-refractivity contribution in [1.82, 2.24) is 0 Å². The Kier molecular flexibility index (Phi) is 22.3. The van der Waals surface area contributed by atoms with Crippen molar-refractivity contribution in [2.75, 3.05) is 40.1 Å². The minimum absolute atomic E-state index is 0.0809. The van der Waals surface area contributed by atoms with Crippen LogP contribution in [-0.2, 0) is 23.1 Å². The first kappa shape index (κ1) is 30.0. The van der Waals surface area contributed by atoms with E-state index in [1.54, 1.807) is 14.0 Å². The van der Waals surface area contributed by atoms with E-state index < -0.39 is 7.82 Å². The van der Waals surface area contributed by atoms with Crippen LogP contribution in [0.25, 0.3) is 0 Å². The van der Waals surface area contributed by atoms with E-state index in [2.05, 4.69) is 6.92 Å². The Morgan fingerprint density at radius 2 is 1.20 bits per heavy atom. The summed E-state index contributed by atoms with van der Waals surface area (Å²) in [7, 11) is -2.36. The van der Waals surface area contributed by atoms with Crippen molar-refractivity contribution < 1.29 is 28.0 Å². The van der Waals surface area contributed by atoms with E-state index in [1.807, 2.05) is 0 Å². The van der Waals surface area contributed by atoms with Gasteiger partial charge in [-0.05, 0) is 13.3 Å². The molecule has 0 aliphatic rings. The fraction of sp³-hybridized carbons (Fsp3) is 1.00. The summed E-state index contributed by atoms with van der Waals surface area (Å²) < 4.78 is 32.1. The molecule has 0 amide bonds. The summed E-state index contributed by atoms with van der Waals surface area (Å²) in [6.45, 7) is 5.73. The highest BCUT2D eigenvalue weighted by atomic mass is 31.2. The van der Waals surface area contributed by atoms with Crippen molar-refractivity contribution in [2.24, 2.45) is 5.92 Å². The van der Waals surface area contributed by atoms with E-state index in [0.717, 1.165) is 6.42 Å². The Bertz CT molecular complexity index is 394. The molecule has 0 saturated heterocycles. The average Bonchev–Trinajstić information content (AvgIpc) is 2.71. The predicted molar refractivity (Wildman–Crippen MR) is 124 cm³/mol. The van der Waals surface area contributed by atoms with E-state index >= 15 is 0 Å². The van der Waals surface area contributed by atoms with Gasteiger partial charge in [-0.1, -0.05) is 90.4 Å². The summed E-state index contributed by atoms with van der Waals surface area (Å²) in [5.41, 5.74) is 0. The van der Waals surface area contributed by atoms with Gasteiger partial charge < -0.3 is 14.4 Å². The van der Waals surface area contributed by atoms with Crippen LogP contribution in [-0.4, -0.2) is 45.0 Å². The molecule has 0 radical (unpaired) electrons. The largest absolute Gasteiger partial charge is 0.472 e. The lowest BCUT2D eigenvalue weighted by atomic mass is 10.0. The molecule has 6 nitrogen and oxygen atoms in total. The highest BCUT2D eigenvalue weighted by molar-refractivity contribution is 7.47. The van der Waals surface area contributed by atoms with Crippen LogP contribution in [0.4, 0.5) is 0 Å². The summed E-state index contributed by atoms with van der Waals surface area (Å²) in [6, 6.07) is 0. The van der Waals surface area contributed by atoms with Gasteiger partial charge in [0.2, 0.25) is 0 Å². The molecule has 0 aromatic heterocycles. The van der Waals surface area contributed by atoms with E-state index in [0.29, 0.717) is 19.8 Å². The monoisotopic (exact) mass is 452 g/mol. The number of hydrogen-bond donors (Lipinski definition) is 1. The third kappa shape index (κ3) is 21.3. The normalized spacial score (nSPS) is 14.7. The number of ether oxygens (including phenoxy) is 2. The Balaban J connectivity index is 3.46. The number of hydrogen-bond acceptors (Lipinski definition) is 5. The van der Waals surface area contributed by atoms with Crippen LogP contribution in [0.5, 0.6) is 0 Å². The van der Waals surface area contributed by atoms with Crippen molar-refractivity contribution in [2.45, 2.75) is 104 Å². The Hall–Kier alpha value is 0.0300. The summed E-state index contributed by atoms with van der Waals surface area (Å²) in [6.07, 6.45) is 18.8. The van der Waals surface area contributed by atoms with Crippen molar-refractivity contribution in [3.63, 3.8) is 0 Å². The molecule has 0 aliphatic carbocycles. The zero-order chi connectivity index (χ0) is 22.3. The smallest absolute Gasteiger partial charge is 0.384 e. The molecular formula is C23H49O6P. The third-order valence-electron chi connectivity index (χ3n) is 5.16. The van der Waals surface area contributed by atoms with Gasteiger partial charge in [-0.15, -0.1) is 0 Å². The van der Waals surface area contributed by atoms with Gasteiger partial charge in [0.15, 0.2) is 0 Å². The Labute approximate surface area is 186 Å². The molecule has 182 valence electrons. The molecule has 0 aromatic carbocycles. The number of rotatable bonds is 24. The molecule has 0 aliphatic heterocycles. The maximum atomic E-state index is 11.6. The fourth-order valence-electron chi connectivity index (χ4n) is 3.43. The molecule has 0 saturated carbocycles. The molecule has 2 unspecified atom stereocenters. The molecule has 2 atom stereocenters. The van der Waals surface area contributed by atoms with Gasteiger partial charge in [-0.25, -0.2) is 4.57 Å². The van der Waals surface area contributed by atoms with Crippen molar-refractivity contribution >= 4 is 7.82 Å². The van der Waals surface area contributed by atoms with Gasteiger partial charge in [0, 0.05) is 19.6 Å². The SMILES string of the molecule is CCCCCCCCCCCCCCCCOCC(COC)COP(=O)(O)OCC. The van der Waals surface area contributed by atoms with Crippen LogP contribution in [0.15, 0.2) is 0 Å². The number of unbranched alkanes of at least 4 members (excludes halogenated alkanes) is 13. The molecule has 0 rings (SSSR count). The van der Waals surface area contributed by atoms with E-state index in [9.17, 15) is 9.46 Å². The first-order chi connectivity index (χ1) is 14.6. The summed E-state index contributed by atoms with van der Waals surface area (Å²) in [5.74, 6) is -0.0809. The minimum atomic E-state index is -3.96. The second-order valence-electron chi connectivity index (χ2n) is 8.17. The predicted octanol–water partition coefficient (Wildman–Crippen LogP) is 6.90. The van der Waals surface area contributed by atoms with Crippen LogP contribution in [0.2, 0.25) is 0 Å². The van der Waals surface area contributed by atoms with Gasteiger partial charge in [-0.2, -0.15) is 0 Å². The number of methoxy groups -OCH3 is 1. The molecule has 7 heteroatoms. The zero-order valence-electron chi connectivity index (χ0n) is 19.9. The first-order valence-electron chi connectivity index (χ1n) is 12.2. The van der Waals surface area contributed by atoms with Gasteiger partial charge in [0.1, 0.15) is 0 Å². The molecule has 0 fully saturated rings. The highest BCUT2D eigenvalue weighted by Crippen LogP contribution is 2.43. The maximum Gasteiger partial charge on any atom is 0.472 e.